The van der Waals surface area contributed by atoms with Crippen molar-refractivity contribution in [3.63, 3.8) is 0 Å². The van der Waals surface area contributed by atoms with Gasteiger partial charge < -0.3 is 4.74 Å². The quantitative estimate of drug-likeness (QED) is 0.770. The van der Waals surface area contributed by atoms with Crippen LogP contribution in [0.5, 0.6) is 0 Å². The van der Waals surface area contributed by atoms with Crippen molar-refractivity contribution in [1.29, 1.82) is 0 Å². The number of imide groups is 1. The second-order valence-corrected chi connectivity index (χ2v) is 4.31. The van der Waals surface area contributed by atoms with Crippen molar-refractivity contribution < 1.29 is 14.3 Å². The van der Waals surface area contributed by atoms with Gasteiger partial charge in [-0.05, 0) is 11.6 Å². The topological polar surface area (TPSA) is 46.6 Å². The zero-order valence-corrected chi connectivity index (χ0v) is 10.1. The van der Waals surface area contributed by atoms with E-state index in [0.29, 0.717) is 6.54 Å². The summed E-state index contributed by atoms with van der Waals surface area (Å²) in [6.07, 6.45) is 0. The fraction of sp³-hybridized carbons (Fsp3) is 0.273. The molecule has 0 spiro atoms. The molecule has 1 aliphatic rings. The molecule has 1 heterocycles. The lowest BCUT2D eigenvalue weighted by molar-refractivity contribution is -0.159. The predicted molar refractivity (Wildman–Crippen MR) is 60.5 cm³/mol. The predicted octanol–water partition coefficient (Wildman–Crippen LogP) is 1.33. The first-order chi connectivity index (χ1) is 7.68. The molecule has 0 bridgehead atoms. The number of rotatable bonds is 2. The minimum Gasteiger partial charge on any atom is -0.362 e. The van der Waals surface area contributed by atoms with Gasteiger partial charge in [0.1, 0.15) is 13.2 Å². The van der Waals surface area contributed by atoms with Gasteiger partial charge in [-0.1, -0.05) is 34.1 Å². The zero-order chi connectivity index (χ0) is 11.5. The third-order valence-corrected chi connectivity index (χ3v) is 3.11. The maximum Gasteiger partial charge on any atom is 0.255 e. The number of carbonyl (C=O) groups excluding carboxylic acids is 2. The van der Waals surface area contributed by atoms with Crippen LogP contribution in [0.2, 0.25) is 0 Å². The maximum absolute atomic E-state index is 11.5. The van der Waals surface area contributed by atoms with Crippen LogP contribution >= 0.6 is 15.9 Å². The first-order valence-corrected chi connectivity index (χ1v) is 5.62. The molecule has 2 amide bonds. The standard InChI is InChI=1S/C11H10BrNO3/c12-9-4-2-1-3-8(9)5-13-10(14)6-16-7-11(13)15/h1-4H,5-7H2. The van der Waals surface area contributed by atoms with Gasteiger partial charge in [-0.25, -0.2) is 0 Å². The van der Waals surface area contributed by atoms with E-state index >= 15 is 0 Å². The minimum atomic E-state index is -0.285. The van der Waals surface area contributed by atoms with Crippen LogP contribution in [0.3, 0.4) is 0 Å². The van der Waals surface area contributed by atoms with Crippen molar-refractivity contribution in [2.45, 2.75) is 6.54 Å². The highest BCUT2D eigenvalue weighted by molar-refractivity contribution is 9.10. The van der Waals surface area contributed by atoms with Gasteiger partial charge in [0.15, 0.2) is 0 Å². The average Bonchev–Trinajstić information content (AvgIpc) is 2.26. The molecule has 1 fully saturated rings. The second-order valence-electron chi connectivity index (χ2n) is 3.46. The van der Waals surface area contributed by atoms with Gasteiger partial charge in [-0.3, -0.25) is 14.5 Å². The molecule has 0 saturated carbocycles. The highest BCUT2D eigenvalue weighted by Crippen LogP contribution is 2.18. The summed E-state index contributed by atoms with van der Waals surface area (Å²) in [4.78, 5) is 24.2. The van der Waals surface area contributed by atoms with Gasteiger partial charge in [0.05, 0.1) is 6.54 Å². The number of nitrogens with zero attached hydrogens (tertiary/aromatic N) is 1. The van der Waals surface area contributed by atoms with E-state index in [4.69, 9.17) is 4.74 Å². The number of carbonyl (C=O) groups is 2. The van der Waals surface area contributed by atoms with Crippen molar-refractivity contribution in [1.82, 2.24) is 4.90 Å². The van der Waals surface area contributed by atoms with Gasteiger partial charge in [-0.15, -0.1) is 0 Å². The summed E-state index contributed by atoms with van der Waals surface area (Å²) in [5, 5.41) is 0. The molecule has 0 N–H and O–H groups in total. The molecule has 1 aliphatic heterocycles. The van der Waals surface area contributed by atoms with Crippen LogP contribution in [-0.4, -0.2) is 29.9 Å². The van der Waals surface area contributed by atoms with Crippen LogP contribution in [-0.2, 0) is 20.9 Å². The molecule has 16 heavy (non-hydrogen) atoms. The van der Waals surface area contributed by atoms with Crippen molar-refractivity contribution in [2.75, 3.05) is 13.2 Å². The lowest BCUT2D eigenvalue weighted by Crippen LogP contribution is -2.45. The highest BCUT2D eigenvalue weighted by Gasteiger charge is 2.26. The van der Waals surface area contributed by atoms with Crippen LogP contribution in [0.1, 0.15) is 5.56 Å². The van der Waals surface area contributed by atoms with E-state index in [9.17, 15) is 9.59 Å². The van der Waals surface area contributed by atoms with Crippen LogP contribution in [0.15, 0.2) is 28.7 Å². The molecule has 0 unspecified atom stereocenters. The SMILES string of the molecule is O=C1COCC(=O)N1Cc1ccccc1Br. The monoisotopic (exact) mass is 283 g/mol. The van der Waals surface area contributed by atoms with Gasteiger partial charge in [0.2, 0.25) is 0 Å². The summed E-state index contributed by atoms with van der Waals surface area (Å²) in [6, 6.07) is 7.51. The van der Waals surface area contributed by atoms with Crippen LogP contribution < -0.4 is 0 Å². The van der Waals surface area contributed by atoms with E-state index in [1.165, 1.54) is 4.90 Å². The summed E-state index contributed by atoms with van der Waals surface area (Å²) in [6.45, 7) is 0.259. The fourth-order valence-electron chi connectivity index (χ4n) is 1.49. The normalized spacial score (nSPS) is 16.7. The summed E-state index contributed by atoms with van der Waals surface area (Å²) < 4.78 is 5.73. The summed E-state index contributed by atoms with van der Waals surface area (Å²) in [7, 11) is 0. The Morgan fingerprint density at radius 2 is 1.81 bits per heavy atom. The van der Waals surface area contributed by atoms with Gasteiger partial charge in [-0.2, -0.15) is 0 Å². The van der Waals surface area contributed by atoms with Crippen LogP contribution in [0.4, 0.5) is 0 Å². The van der Waals surface area contributed by atoms with E-state index < -0.39 is 0 Å². The van der Waals surface area contributed by atoms with Gasteiger partial charge in [0.25, 0.3) is 11.8 Å². The Morgan fingerprint density at radius 1 is 1.19 bits per heavy atom. The molecule has 2 rings (SSSR count). The molecule has 0 atom stereocenters. The smallest absolute Gasteiger partial charge is 0.255 e. The molecule has 1 saturated heterocycles. The zero-order valence-electron chi connectivity index (χ0n) is 8.48. The lowest BCUT2D eigenvalue weighted by Gasteiger charge is -2.25. The Bertz CT molecular complexity index is 417. The van der Waals surface area contributed by atoms with Crippen molar-refractivity contribution >= 4 is 27.7 Å². The van der Waals surface area contributed by atoms with Gasteiger partial charge >= 0.3 is 0 Å². The minimum absolute atomic E-state index is 0.0177. The summed E-state index contributed by atoms with van der Waals surface area (Å²) in [5.74, 6) is -0.570. The lowest BCUT2D eigenvalue weighted by atomic mass is 10.2. The molecule has 5 heteroatoms. The van der Waals surface area contributed by atoms with Crippen molar-refractivity contribution in [2.24, 2.45) is 0 Å². The Morgan fingerprint density at radius 3 is 2.44 bits per heavy atom. The molecule has 0 aliphatic carbocycles. The molecular weight excluding hydrogens is 274 g/mol. The third-order valence-electron chi connectivity index (χ3n) is 2.34. The van der Waals surface area contributed by atoms with Crippen LogP contribution in [0.25, 0.3) is 0 Å². The first-order valence-electron chi connectivity index (χ1n) is 4.83. The molecule has 4 nitrogen and oxygen atoms in total. The van der Waals surface area contributed by atoms with Crippen molar-refractivity contribution in [3.8, 4) is 0 Å². The molecule has 84 valence electrons. The highest BCUT2D eigenvalue weighted by atomic mass is 79.9. The molecule has 1 aromatic carbocycles. The average molecular weight is 284 g/mol. The first kappa shape index (κ1) is 11.3. The Hall–Kier alpha value is -1.20. The Labute approximate surface area is 101 Å². The Balaban J connectivity index is 2.17. The second kappa shape index (κ2) is 4.76. The van der Waals surface area contributed by atoms with E-state index in [1.54, 1.807) is 0 Å². The number of amides is 2. The van der Waals surface area contributed by atoms with E-state index in [-0.39, 0.29) is 25.0 Å². The number of hydrogen-bond acceptors (Lipinski definition) is 3. The number of ether oxygens (including phenoxy) is 1. The molecule has 0 aromatic heterocycles. The van der Waals surface area contributed by atoms with Gasteiger partial charge in [0, 0.05) is 4.47 Å². The summed E-state index contributed by atoms with van der Waals surface area (Å²) >= 11 is 3.38. The largest absolute Gasteiger partial charge is 0.362 e. The number of halogens is 1. The van der Waals surface area contributed by atoms with Crippen LogP contribution in [0, 0.1) is 0 Å². The molecular formula is C11H10BrNO3. The number of benzene rings is 1. The third kappa shape index (κ3) is 2.31. The molecule has 1 aromatic rings. The van der Waals surface area contributed by atoms with E-state index in [1.807, 2.05) is 24.3 Å². The fourth-order valence-corrected chi connectivity index (χ4v) is 1.90. The Kier molecular flexibility index (Phi) is 3.36. The summed E-state index contributed by atoms with van der Waals surface area (Å²) in [5.41, 5.74) is 0.908. The van der Waals surface area contributed by atoms with Crippen molar-refractivity contribution in [3.05, 3.63) is 34.3 Å². The van der Waals surface area contributed by atoms with E-state index in [0.717, 1.165) is 10.0 Å². The molecule has 0 radical (unpaired) electrons. The number of morpholine rings is 1. The van der Waals surface area contributed by atoms with E-state index in [2.05, 4.69) is 15.9 Å². The maximum atomic E-state index is 11.5. The number of hydrogen-bond donors (Lipinski definition) is 0.